The maximum Gasteiger partial charge on any atom is 0.358 e. The third-order valence-corrected chi connectivity index (χ3v) is 3.08. The number of hydrogen-bond donors (Lipinski definition) is 1. The monoisotopic (exact) mass is 315 g/mol. The van der Waals surface area contributed by atoms with E-state index in [1.807, 2.05) is 26.0 Å². The van der Waals surface area contributed by atoms with E-state index in [1.54, 1.807) is 36.0 Å². The standard InChI is InChI=1S/C17H21N3O3/c1-4-23-17(22)15-9-10-20(19-15)14-7-5-13(6-8-14)18-16(21)11-12(2)3/h5-10,12H,4,11H2,1-3H3,(H,18,21). The van der Waals surface area contributed by atoms with Gasteiger partial charge >= 0.3 is 5.97 Å². The highest BCUT2D eigenvalue weighted by Crippen LogP contribution is 2.14. The van der Waals surface area contributed by atoms with Crippen LogP contribution in [0.5, 0.6) is 0 Å². The second-order valence-electron chi connectivity index (χ2n) is 5.56. The van der Waals surface area contributed by atoms with Gasteiger partial charge in [0, 0.05) is 18.3 Å². The molecule has 0 saturated carbocycles. The van der Waals surface area contributed by atoms with Crippen molar-refractivity contribution in [3.63, 3.8) is 0 Å². The molecule has 2 rings (SSSR count). The molecule has 1 aromatic heterocycles. The molecule has 1 N–H and O–H groups in total. The van der Waals surface area contributed by atoms with Crippen LogP contribution in [0, 0.1) is 5.92 Å². The third-order valence-electron chi connectivity index (χ3n) is 3.08. The van der Waals surface area contributed by atoms with Gasteiger partial charge in [-0.2, -0.15) is 5.10 Å². The second-order valence-corrected chi connectivity index (χ2v) is 5.56. The lowest BCUT2D eigenvalue weighted by Crippen LogP contribution is -2.13. The minimum atomic E-state index is -0.441. The van der Waals surface area contributed by atoms with Crippen LogP contribution in [0.25, 0.3) is 5.69 Å². The van der Waals surface area contributed by atoms with E-state index in [4.69, 9.17) is 4.74 Å². The summed E-state index contributed by atoms with van der Waals surface area (Å²) in [6.07, 6.45) is 2.18. The summed E-state index contributed by atoms with van der Waals surface area (Å²) in [5.41, 5.74) is 1.79. The molecule has 0 fully saturated rings. The number of hydrogen-bond acceptors (Lipinski definition) is 4. The topological polar surface area (TPSA) is 73.2 Å². The van der Waals surface area contributed by atoms with Crippen LogP contribution in [-0.2, 0) is 9.53 Å². The average Bonchev–Trinajstić information content (AvgIpc) is 2.97. The zero-order valence-electron chi connectivity index (χ0n) is 13.6. The van der Waals surface area contributed by atoms with E-state index >= 15 is 0 Å². The average molecular weight is 315 g/mol. The van der Waals surface area contributed by atoms with Crippen LogP contribution in [0.15, 0.2) is 36.5 Å². The first kappa shape index (κ1) is 16.7. The molecule has 0 aliphatic rings. The molecule has 6 nitrogen and oxygen atoms in total. The third kappa shape index (κ3) is 4.67. The summed E-state index contributed by atoms with van der Waals surface area (Å²) in [6, 6.07) is 8.87. The summed E-state index contributed by atoms with van der Waals surface area (Å²) in [7, 11) is 0. The number of nitrogens with zero attached hydrogens (tertiary/aromatic N) is 2. The lowest BCUT2D eigenvalue weighted by Gasteiger charge is -2.08. The largest absolute Gasteiger partial charge is 0.461 e. The molecule has 0 bridgehead atoms. The van der Waals surface area contributed by atoms with E-state index in [1.165, 1.54) is 0 Å². The fourth-order valence-corrected chi connectivity index (χ4v) is 2.06. The molecular weight excluding hydrogens is 294 g/mol. The van der Waals surface area contributed by atoms with Gasteiger partial charge in [0.05, 0.1) is 12.3 Å². The molecule has 1 aromatic carbocycles. The molecule has 6 heteroatoms. The Kier molecular flexibility index (Phi) is 5.51. The molecule has 0 saturated heterocycles. The van der Waals surface area contributed by atoms with Crippen molar-refractivity contribution < 1.29 is 14.3 Å². The predicted molar refractivity (Wildman–Crippen MR) is 87.6 cm³/mol. The van der Waals surface area contributed by atoms with Gasteiger partial charge in [-0.05, 0) is 43.2 Å². The van der Waals surface area contributed by atoms with Gasteiger partial charge in [-0.25, -0.2) is 9.48 Å². The van der Waals surface area contributed by atoms with Crippen molar-refractivity contribution in [2.45, 2.75) is 27.2 Å². The number of ether oxygens (including phenoxy) is 1. The summed E-state index contributed by atoms with van der Waals surface area (Å²) in [5, 5.41) is 7.03. The van der Waals surface area contributed by atoms with Crippen LogP contribution in [0.1, 0.15) is 37.7 Å². The van der Waals surface area contributed by atoms with Crippen LogP contribution in [0.4, 0.5) is 5.69 Å². The predicted octanol–water partition coefficient (Wildman–Crippen LogP) is 3.03. The number of nitrogens with one attached hydrogen (secondary N) is 1. The Balaban J connectivity index is 2.05. The Morgan fingerprint density at radius 1 is 1.22 bits per heavy atom. The molecule has 0 radical (unpaired) electrons. The minimum Gasteiger partial charge on any atom is -0.461 e. The highest BCUT2D eigenvalue weighted by molar-refractivity contribution is 5.90. The first-order chi connectivity index (χ1) is 11.0. The summed E-state index contributed by atoms with van der Waals surface area (Å²) in [5.74, 6) is -0.125. The number of carbonyl (C=O) groups is 2. The molecular formula is C17H21N3O3. The molecule has 0 unspecified atom stereocenters. The Bertz CT molecular complexity index is 675. The summed E-state index contributed by atoms with van der Waals surface area (Å²) < 4.78 is 6.50. The van der Waals surface area contributed by atoms with Gasteiger partial charge in [0.2, 0.25) is 5.91 Å². The number of rotatable bonds is 6. The SMILES string of the molecule is CCOC(=O)c1ccn(-c2ccc(NC(=O)CC(C)C)cc2)n1. The van der Waals surface area contributed by atoms with E-state index in [0.717, 1.165) is 11.4 Å². The fraction of sp³-hybridized carbons (Fsp3) is 0.353. The molecule has 0 spiro atoms. The molecule has 0 aliphatic carbocycles. The van der Waals surface area contributed by atoms with Crippen molar-refractivity contribution in [3.8, 4) is 5.69 Å². The van der Waals surface area contributed by atoms with Gasteiger partial charge in [0.1, 0.15) is 0 Å². The van der Waals surface area contributed by atoms with Crippen molar-refractivity contribution in [3.05, 3.63) is 42.2 Å². The second kappa shape index (κ2) is 7.58. The lowest BCUT2D eigenvalue weighted by molar-refractivity contribution is -0.116. The lowest BCUT2D eigenvalue weighted by atomic mass is 10.1. The highest BCUT2D eigenvalue weighted by Gasteiger charge is 2.11. The zero-order chi connectivity index (χ0) is 16.8. The van der Waals surface area contributed by atoms with Gasteiger partial charge in [-0.15, -0.1) is 0 Å². The van der Waals surface area contributed by atoms with Crippen LogP contribution in [-0.4, -0.2) is 28.3 Å². The van der Waals surface area contributed by atoms with Crippen molar-refractivity contribution in [1.82, 2.24) is 9.78 Å². The van der Waals surface area contributed by atoms with Crippen LogP contribution < -0.4 is 5.32 Å². The van der Waals surface area contributed by atoms with Crippen molar-refractivity contribution >= 4 is 17.6 Å². The van der Waals surface area contributed by atoms with Gasteiger partial charge in [-0.3, -0.25) is 4.79 Å². The number of carbonyl (C=O) groups excluding carboxylic acids is 2. The van der Waals surface area contributed by atoms with E-state index < -0.39 is 5.97 Å². The molecule has 1 heterocycles. The number of amides is 1. The Morgan fingerprint density at radius 3 is 2.52 bits per heavy atom. The van der Waals surface area contributed by atoms with Crippen molar-refractivity contribution in [1.29, 1.82) is 0 Å². The van der Waals surface area contributed by atoms with Gasteiger partial charge in [-0.1, -0.05) is 13.8 Å². The molecule has 23 heavy (non-hydrogen) atoms. The number of anilines is 1. The van der Waals surface area contributed by atoms with Crippen LogP contribution in [0.2, 0.25) is 0 Å². The molecule has 2 aromatic rings. The van der Waals surface area contributed by atoms with Gasteiger partial charge < -0.3 is 10.1 Å². The molecule has 0 aliphatic heterocycles. The summed E-state index contributed by atoms with van der Waals surface area (Å²) in [4.78, 5) is 23.3. The fourth-order valence-electron chi connectivity index (χ4n) is 2.06. The van der Waals surface area contributed by atoms with Crippen molar-refractivity contribution in [2.24, 2.45) is 5.92 Å². The van der Waals surface area contributed by atoms with Crippen LogP contribution in [0.3, 0.4) is 0 Å². The first-order valence-corrected chi connectivity index (χ1v) is 7.62. The maximum atomic E-state index is 11.7. The Morgan fingerprint density at radius 2 is 1.91 bits per heavy atom. The highest BCUT2D eigenvalue weighted by atomic mass is 16.5. The maximum absolute atomic E-state index is 11.7. The van der Waals surface area contributed by atoms with E-state index in [9.17, 15) is 9.59 Å². The van der Waals surface area contributed by atoms with E-state index in [2.05, 4.69) is 10.4 Å². The molecule has 0 atom stereocenters. The summed E-state index contributed by atoms with van der Waals surface area (Å²) in [6.45, 7) is 6.07. The zero-order valence-corrected chi connectivity index (χ0v) is 13.6. The molecule has 122 valence electrons. The molecule has 1 amide bonds. The van der Waals surface area contributed by atoms with Gasteiger partial charge in [0.15, 0.2) is 5.69 Å². The normalized spacial score (nSPS) is 10.6. The quantitative estimate of drug-likeness (QED) is 0.832. The van der Waals surface area contributed by atoms with E-state index in [0.29, 0.717) is 18.9 Å². The van der Waals surface area contributed by atoms with E-state index in [-0.39, 0.29) is 11.6 Å². The van der Waals surface area contributed by atoms with Crippen LogP contribution >= 0.6 is 0 Å². The van der Waals surface area contributed by atoms with Crippen molar-refractivity contribution in [2.75, 3.05) is 11.9 Å². The summed E-state index contributed by atoms with van der Waals surface area (Å²) >= 11 is 0. The number of esters is 1. The number of benzene rings is 1. The number of aromatic nitrogens is 2. The van der Waals surface area contributed by atoms with Gasteiger partial charge in [0.25, 0.3) is 0 Å². The first-order valence-electron chi connectivity index (χ1n) is 7.62. The smallest absolute Gasteiger partial charge is 0.358 e. The Labute approximate surface area is 135 Å². The minimum absolute atomic E-state index is 0.00330. The Hall–Kier alpha value is -2.63.